The maximum Gasteiger partial charge on any atom is 0.416 e. The highest BCUT2D eigenvalue weighted by Gasteiger charge is 2.31. The Morgan fingerprint density at radius 1 is 1.24 bits per heavy atom. The molecule has 1 aliphatic rings. The molecule has 5 heteroatoms. The zero-order valence-corrected chi connectivity index (χ0v) is 12.3. The van der Waals surface area contributed by atoms with Gasteiger partial charge < -0.3 is 0 Å². The summed E-state index contributed by atoms with van der Waals surface area (Å²) >= 11 is 0. The minimum atomic E-state index is -4.27. The molecule has 0 radical (unpaired) electrons. The lowest BCUT2D eigenvalue weighted by atomic mass is 9.91. The second kappa shape index (κ2) is 6.79. The second-order valence-electron chi connectivity index (χ2n) is 6.02. The summed E-state index contributed by atoms with van der Waals surface area (Å²) < 4.78 is 37.6. The summed E-state index contributed by atoms with van der Waals surface area (Å²) in [5, 5.41) is 0. The Kier molecular flexibility index (Phi) is 5.27. The Morgan fingerprint density at radius 2 is 1.90 bits per heavy atom. The van der Waals surface area contributed by atoms with E-state index in [0.717, 1.165) is 36.5 Å². The SMILES string of the molecule is CCC1CCC(C(Cc2ccc(C(F)(F)F)cc2)NN)C1. The van der Waals surface area contributed by atoms with Crippen molar-refractivity contribution in [3.05, 3.63) is 35.4 Å². The van der Waals surface area contributed by atoms with E-state index in [4.69, 9.17) is 5.84 Å². The third kappa shape index (κ3) is 4.20. The van der Waals surface area contributed by atoms with E-state index in [0.29, 0.717) is 12.3 Å². The lowest BCUT2D eigenvalue weighted by Gasteiger charge is -2.23. The van der Waals surface area contributed by atoms with Crippen molar-refractivity contribution in [2.24, 2.45) is 17.7 Å². The van der Waals surface area contributed by atoms with E-state index in [1.165, 1.54) is 12.8 Å². The quantitative estimate of drug-likeness (QED) is 0.639. The van der Waals surface area contributed by atoms with Crippen LogP contribution in [-0.4, -0.2) is 6.04 Å². The Balaban J connectivity index is 1.99. The molecule has 1 aromatic carbocycles. The molecule has 1 fully saturated rings. The predicted molar refractivity (Wildman–Crippen MR) is 77.4 cm³/mol. The van der Waals surface area contributed by atoms with E-state index in [2.05, 4.69) is 12.3 Å². The van der Waals surface area contributed by atoms with Gasteiger partial charge in [-0.2, -0.15) is 13.2 Å². The molecule has 3 atom stereocenters. The molecule has 2 nitrogen and oxygen atoms in total. The van der Waals surface area contributed by atoms with Crippen molar-refractivity contribution >= 4 is 0 Å². The zero-order chi connectivity index (χ0) is 15.5. The van der Waals surface area contributed by atoms with Crippen molar-refractivity contribution in [3.8, 4) is 0 Å². The van der Waals surface area contributed by atoms with E-state index >= 15 is 0 Å². The number of alkyl halides is 3. The van der Waals surface area contributed by atoms with Crippen LogP contribution in [0.25, 0.3) is 0 Å². The molecule has 1 aliphatic carbocycles. The first-order chi connectivity index (χ1) is 9.94. The number of rotatable bonds is 5. The normalized spacial score (nSPS) is 24.2. The largest absolute Gasteiger partial charge is 0.416 e. The highest BCUT2D eigenvalue weighted by atomic mass is 19.4. The Labute approximate surface area is 123 Å². The predicted octanol–water partition coefficient (Wildman–Crippen LogP) is 3.91. The molecule has 21 heavy (non-hydrogen) atoms. The van der Waals surface area contributed by atoms with Gasteiger partial charge in [0.05, 0.1) is 5.56 Å². The maximum absolute atomic E-state index is 12.5. The topological polar surface area (TPSA) is 38.0 Å². The number of hydrogen-bond acceptors (Lipinski definition) is 2. The first-order valence-corrected chi connectivity index (χ1v) is 7.56. The van der Waals surface area contributed by atoms with Crippen LogP contribution in [0, 0.1) is 11.8 Å². The first-order valence-electron chi connectivity index (χ1n) is 7.56. The van der Waals surface area contributed by atoms with E-state index < -0.39 is 11.7 Å². The maximum atomic E-state index is 12.5. The second-order valence-corrected chi connectivity index (χ2v) is 6.02. The average Bonchev–Trinajstić information content (AvgIpc) is 2.93. The van der Waals surface area contributed by atoms with Crippen molar-refractivity contribution < 1.29 is 13.2 Å². The summed E-state index contributed by atoms with van der Waals surface area (Å²) in [5.74, 6) is 6.93. The monoisotopic (exact) mass is 300 g/mol. The Morgan fingerprint density at radius 3 is 2.38 bits per heavy atom. The van der Waals surface area contributed by atoms with Crippen LogP contribution < -0.4 is 11.3 Å². The molecule has 0 bridgehead atoms. The van der Waals surface area contributed by atoms with E-state index in [1.807, 2.05) is 0 Å². The molecule has 0 heterocycles. The van der Waals surface area contributed by atoms with Crippen LogP contribution >= 0.6 is 0 Å². The third-order valence-corrected chi connectivity index (χ3v) is 4.68. The van der Waals surface area contributed by atoms with Crippen LogP contribution in [-0.2, 0) is 12.6 Å². The van der Waals surface area contributed by atoms with Gasteiger partial charge in [0, 0.05) is 6.04 Å². The molecular formula is C16H23F3N2. The number of nitrogens with one attached hydrogen (secondary N) is 1. The fourth-order valence-corrected chi connectivity index (χ4v) is 3.30. The first kappa shape index (κ1) is 16.3. The van der Waals surface area contributed by atoms with Gasteiger partial charge in [0.15, 0.2) is 0 Å². The summed E-state index contributed by atoms with van der Waals surface area (Å²) in [6.07, 6.45) is 1.13. The fraction of sp³-hybridized carbons (Fsp3) is 0.625. The van der Waals surface area contributed by atoms with Crippen LogP contribution in [0.3, 0.4) is 0 Å². The van der Waals surface area contributed by atoms with Gasteiger partial charge in [0.25, 0.3) is 0 Å². The van der Waals surface area contributed by atoms with Crippen LogP contribution in [0.5, 0.6) is 0 Å². The minimum Gasteiger partial charge on any atom is -0.271 e. The molecule has 118 valence electrons. The highest BCUT2D eigenvalue weighted by molar-refractivity contribution is 5.25. The van der Waals surface area contributed by atoms with E-state index in [-0.39, 0.29) is 6.04 Å². The number of nitrogens with two attached hydrogens (primary N) is 1. The highest BCUT2D eigenvalue weighted by Crippen LogP contribution is 2.36. The van der Waals surface area contributed by atoms with E-state index in [1.54, 1.807) is 12.1 Å². The molecule has 0 amide bonds. The van der Waals surface area contributed by atoms with E-state index in [9.17, 15) is 13.2 Å². The number of hydrazine groups is 1. The number of hydrogen-bond donors (Lipinski definition) is 2. The summed E-state index contributed by atoms with van der Waals surface area (Å²) in [7, 11) is 0. The third-order valence-electron chi connectivity index (χ3n) is 4.68. The summed E-state index contributed by atoms with van der Waals surface area (Å²) in [5.41, 5.74) is 3.15. The van der Waals surface area contributed by atoms with Gasteiger partial charge in [-0.1, -0.05) is 31.9 Å². The Hall–Kier alpha value is -1.07. The molecule has 1 saturated carbocycles. The van der Waals surface area contributed by atoms with Gasteiger partial charge in [-0.25, -0.2) is 0 Å². The van der Waals surface area contributed by atoms with Gasteiger partial charge in [0.1, 0.15) is 0 Å². The average molecular weight is 300 g/mol. The molecule has 3 unspecified atom stereocenters. The number of halogens is 3. The van der Waals surface area contributed by atoms with Crippen LogP contribution in [0.1, 0.15) is 43.7 Å². The molecule has 2 rings (SSSR count). The molecule has 3 N–H and O–H groups in total. The Bertz CT molecular complexity index is 442. The zero-order valence-electron chi connectivity index (χ0n) is 12.3. The molecule has 0 saturated heterocycles. The van der Waals surface area contributed by atoms with Crippen LogP contribution in [0.4, 0.5) is 13.2 Å². The van der Waals surface area contributed by atoms with Crippen molar-refractivity contribution in [2.45, 2.75) is 51.2 Å². The molecule has 0 aliphatic heterocycles. The van der Waals surface area contributed by atoms with Gasteiger partial charge in [0.2, 0.25) is 0 Å². The minimum absolute atomic E-state index is 0.137. The van der Waals surface area contributed by atoms with Crippen molar-refractivity contribution in [1.82, 2.24) is 5.43 Å². The fourth-order valence-electron chi connectivity index (χ4n) is 3.30. The standard InChI is InChI=1S/C16H23F3N2/c1-2-11-3-6-13(9-11)15(21-20)10-12-4-7-14(8-5-12)16(17,18)19/h4-5,7-8,11,13,15,21H,2-3,6,9-10,20H2,1H3. The van der Waals surface area contributed by atoms with Crippen molar-refractivity contribution in [1.29, 1.82) is 0 Å². The van der Waals surface area contributed by atoms with Gasteiger partial charge >= 0.3 is 6.18 Å². The molecule has 0 aromatic heterocycles. The van der Waals surface area contributed by atoms with Gasteiger partial charge in [-0.3, -0.25) is 11.3 Å². The number of benzene rings is 1. The van der Waals surface area contributed by atoms with Crippen LogP contribution in [0.15, 0.2) is 24.3 Å². The van der Waals surface area contributed by atoms with Crippen molar-refractivity contribution in [3.63, 3.8) is 0 Å². The van der Waals surface area contributed by atoms with Crippen LogP contribution in [0.2, 0.25) is 0 Å². The molecule has 1 aromatic rings. The smallest absolute Gasteiger partial charge is 0.271 e. The lowest BCUT2D eigenvalue weighted by Crippen LogP contribution is -2.41. The summed E-state index contributed by atoms with van der Waals surface area (Å²) in [6.45, 7) is 2.20. The van der Waals surface area contributed by atoms with Gasteiger partial charge in [-0.15, -0.1) is 0 Å². The molecular weight excluding hydrogens is 277 g/mol. The summed E-state index contributed by atoms with van der Waals surface area (Å²) in [6, 6.07) is 5.54. The molecule has 0 spiro atoms. The lowest BCUT2D eigenvalue weighted by molar-refractivity contribution is -0.137. The summed E-state index contributed by atoms with van der Waals surface area (Å²) in [4.78, 5) is 0. The van der Waals surface area contributed by atoms with Gasteiger partial charge in [-0.05, 0) is 48.8 Å². The van der Waals surface area contributed by atoms with Crippen molar-refractivity contribution in [2.75, 3.05) is 0 Å².